The number of quaternary nitrogens is 1. The molecule has 0 aromatic heterocycles. The second-order valence-electron chi connectivity index (χ2n) is 7.17. The summed E-state index contributed by atoms with van der Waals surface area (Å²) >= 11 is 0. The number of unbranched alkanes of at least 4 members (excludes halogenated alkanes) is 6. The molecule has 1 unspecified atom stereocenters. The van der Waals surface area contributed by atoms with Crippen molar-refractivity contribution in [3.8, 4) is 0 Å². The molecule has 1 N–H and O–H groups in total. The third kappa shape index (κ3) is 9.34. The Hall–Kier alpha value is -0.570. The molecular formula is C20H36ClNO. The first-order chi connectivity index (χ1) is 10.6. The maximum atomic E-state index is 9.80. The highest BCUT2D eigenvalue weighted by atomic mass is 35.5. The molecule has 0 heterocycles. The van der Waals surface area contributed by atoms with Crippen LogP contribution in [0.2, 0.25) is 0 Å². The van der Waals surface area contributed by atoms with Crippen LogP contribution in [-0.4, -0.2) is 36.3 Å². The SMILES string of the molecule is CCCCCCCCCC(CO)[N+](C)(C)Cc1ccccc1.[Cl-]. The molecule has 134 valence electrons. The van der Waals surface area contributed by atoms with Gasteiger partial charge < -0.3 is 22.0 Å². The number of hydrogen-bond acceptors (Lipinski definition) is 1. The molecular weight excluding hydrogens is 306 g/mol. The Bertz CT molecular complexity index is 380. The second kappa shape index (κ2) is 12.8. The molecule has 0 amide bonds. The predicted octanol–water partition coefficient (Wildman–Crippen LogP) is 1.77. The molecule has 0 aliphatic carbocycles. The van der Waals surface area contributed by atoms with Gasteiger partial charge in [0.1, 0.15) is 12.6 Å². The summed E-state index contributed by atoms with van der Waals surface area (Å²) in [7, 11) is 4.49. The van der Waals surface area contributed by atoms with E-state index in [2.05, 4.69) is 51.4 Å². The molecule has 1 atom stereocenters. The standard InChI is InChI=1S/C20H36NO.ClH/c1-4-5-6-7-8-9-13-16-20(18-22)21(2,3)17-19-14-11-10-12-15-19;/h10-12,14-15,20,22H,4-9,13,16-18H2,1-3H3;1H/q+1;/p-1. The van der Waals surface area contributed by atoms with Crippen molar-refractivity contribution in [3.05, 3.63) is 35.9 Å². The van der Waals surface area contributed by atoms with E-state index >= 15 is 0 Å². The van der Waals surface area contributed by atoms with Gasteiger partial charge in [0.15, 0.2) is 0 Å². The van der Waals surface area contributed by atoms with Gasteiger partial charge in [-0.15, -0.1) is 0 Å². The third-order valence-electron chi connectivity index (χ3n) is 4.77. The number of aliphatic hydroxyl groups is 1. The number of hydrogen-bond donors (Lipinski definition) is 1. The Morgan fingerprint density at radius 1 is 0.913 bits per heavy atom. The van der Waals surface area contributed by atoms with E-state index in [-0.39, 0.29) is 19.0 Å². The minimum absolute atomic E-state index is 0. The minimum atomic E-state index is 0. The van der Waals surface area contributed by atoms with Crippen LogP contribution in [-0.2, 0) is 6.54 Å². The lowest BCUT2D eigenvalue weighted by Crippen LogP contribution is -3.00. The highest BCUT2D eigenvalue weighted by Crippen LogP contribution is 2.19. The van der Waals surface area contributed by atoms with Crippen LogP contribution >= 0.6 is 0 Å². The van der Waals surface area contributed by atoms with Crippen LogP contribution < -0.4 is 12.4 Å². The minimum Gasteiger partial charge on any atom is -1.00 e. The fourth-order valence-corrected chi connectivity index (χ4v) is 3.18. The summed E-state index contributed by atoms with van der Waals surface area (Å²) in [4.78, 5) is 0. The number of benzene rings is 1. The van der Waals surface area contributed by atoms with E-state index < -0.39 is 0 Å². The van der Waals surface area contributed by atoms with Gasteiger partial charge >= 0.3 is 0 Å². The molecule has 0 spiro atoms. The Morgan fingerprint density at radius 3 is 2.04 bits per heavy atom. The van der Waals surface area contributed by atoms with Gasteiger partial charge in [-0.25, -0.2) is 0 Å². The topological polar surface area (TPSA) is 20.2 Å². The number of rotatable bonds is 12. The van der Waals surface area contributed by atoms with Crippen molar-refractivity contribution in [3.63, 3.8) is 0 Å². The van der Waals surface area contributed by atoms with Crippen molar-refractivity contribution in [2.75, 3.05) is 20.7 Å². The molecule has 0 radical (unpaired) electrons. The summed E-state index contributed by atoms with van der Waals surface area (Å²) in [6.45, 7) is 3.54. The van der Waals surface area contributed by atoms with Crippen LogP contribution in [0.4, 0.5) is 0 Å². The highest BCUT2D eigenvalue weighted by molar-refractivity contribution is 5.13. The van der Waals surface area contributed by atoms with Gasteiger partial charge in [-0.3, -0.25) is 0 Å². The van der Waals surface area contributed by atoms with Crippen molar-refractivity contribution in [1.82, 2.24) is 0 Å². The van der Waals surface area contributed by atoms with Crippen LogP contribution in [0.15, 0.2) is 30.3 Å². The fourth-order valence-electron chi connectivity index (χ4n) is 3.18. The molecule has 0 aliphatic heterocycles. The van der Waals surface area contributed by atoms with Crippen molar-refractivity contribution >= 4 is 0 Å². The maximum absolute atomic E-state index is 9.80. The predicted molar refractivity (Wildman–Crippen MR) is 95.7 cm³/mol. The first-order valence-corrected chi connectivity index (χ1v) is 9.07. The van der Waals surface area contributed by atoms with Gasteiger partial charge in [0.2, 0.25) is 0 Å². The zero-order valence-corrected chi connectivity index (χ0v) is 16.1. The Balaban J connectivity index is 0.00000484. The number of likely N-dealkylation sites (N-methyl/N-ethyl adjacent to an activating group) is 1. The molecule has 1 aromatic rings. The molecule has 23 heavy (non-hydrogen) atoms. The summed E-state index contributed by atoms with van der Waals surface area (Å²) in [5.74, 6) is 0. The lowest BCUT2D eigenvalue weighted by molar-refractivity contribution is -0.928. The van der Waals surface area contributed by atoms with E-state index in [1.807, 2.05) is 0 Å². The van der Waals surface area contributed by atoms with Crippen molar-refractivity contribution < 1.29 is 22.0 Å². The van der Waals surface area contributed by atoms with E-state index in [0.717, 1.165) is 17.4 Å². The average molecular weight is 342 g/mol. The number of aliphatic hydroxyl groups excluding tert-OH is 1. The quantitative estimate of drug-likeness (QED) is 0.454. The molecule has 1 aromatic carbocycles. The summed E-state index contributed by atoms with van der Waals surface area (Å²) in [6, 6.07) is 11.0. The zero-order chi connectivity index (χ0) is 16.3. The zero-order valence-electron chi connectivity index (χ0n) is 15.3. The van der Waals surface area contributed by atoms with Gasteiger partial charge in [0, 0.05) is 12.0 Å². The monoisotopic (exact) mass is 341 g/mol. The third-order valence-corrected chi connectivity index (χ3v) is 4.77. The van der Waals surface area contributed by atoms with Gasteiger partial charge in [0.25, 0.3) is 0 Å². The molecule has 2 nitrogen and oxygen atoms in total. The van der Waals surface area contributed by atoms with Crippen LogP contribution in [0.3, 0.4) is 0 Å². The molecule has 0 saturated carbocycles. The van der Waals surface area contributed by atoms with Crippen molar-refractivity contribution in [2.24, 2.45) is 0 Å². The van der Waals surface area contributed by atoms with Crippen LogP contribution in [0.5, 0.6) is 0 Å². The van der Waals surface area contributed by atoms with Crippen LogP contribution in [0.25, 0.3) is 0 Å². The molecule has 0 saturated heterocycles. The van der Waals surface area contributed by atoms with Gasteiger partial charge in [-0.05, 0) is 6.42 Å². The van der Waals surface area contributed by atoms with E-state index in [1.54, 1.807) is 0 Å². The lowest BCUT2D eigenvalue weighted by Gasteiger charge is -2.37. The summed E-state index contributed by atoms with van der Waals surface area (Å²) in [5, 5.41) is 9.80. The Kier molecular flexibility index (Phi) is 12.5. The highest BCUT2D eigenvalue weighted by Gasteiger charge is 2.27. The fraction of sp³-hybridized carbons (Fsp3) is 0.700. The smallest absolute Gasteiger partial charge is 0.112 e. The van der Waals surface area contributed by atoms with Gasteiger partial charge in [-0.1, -0.05) is 75.8 Å². The summed E-state index contributed by atoms with van der Waals surface area (Å²) in [6.07, 6.45) is 10.5. The van der Waals surface area contributed by atoms with E-state index in [1.165, 1.54) is 50.5 Å². The molecule has 0 bridgehead atoms. The molecule has 1 rings (SSSR count). The average Bonchev–Trinajstić information content (AvgIpc) is 2.50. The van der Waals surface area contributed by atoms with E-state index in [0.29, 0.717) is 6.04 Å². The first-order valence-electron chi connectivity index (χ1n) is 9.07. The van der Waals surface area contributed by atoms with E-state index in [4.69, 9.17) is 0 Å². The first kappa shape index (κ1) is 22.4. The van der Waals surface area contributed by atoms with Gasteiger partial charge in [0.05, 0.1) is 20.7 Å². The van der Waals surface area contributed by atoms with E-state index in [9.17, 15) is 5.11 Å². The van der Waals surface area contributed by atoms with Crippen molar-refractivity contribution in [2.45, 2.75) is 70.9 Å². The lowest BCUT2D eigenvalue weighted by atomic mass is 10.0. The Morgan fingerprint density at radius 2 is 1.48 bits per heavy atom. The van der Waals surface area contributed by atoms with Crippen LogP contribution in [0.1, 0.15) is 63.9 Å². The Labute approximate surface area is 149 Å². The van der Waals surface area contributed by atoms with Gasteiger partial charge in [-0.2, -0.15) is 0 Å². The normalized spacial score (nSPS) is 12.7. The number of nitrogens with zero attached hydrogens (tertiary/aromatic N) is 1. The molecule has 0 fully saturated rings. The second-order valence-corrected chi connectivity index (χ2v) is 7.17. The summed E-state index contributed by atoms with van der Waals surface area (Å²) < 4.78 is 0.871. The number of halogens is 1. The molecule has 0 aliphatic rings. The largest absolute Gasteiger partial charge is 1.00 e. The molecule has 3 heteroatoms. The maximum Gasteiger partial charge on any atom is 0.112 e. The van der Waals surface area contributed by atoms with Crippen LogP contribution in [0, 0.1) is 0 Å². The summed E-state index contributed by atoms with van der Waals surface area (Å²) in [5.41, 5.74) is 1.35. The van der Waals surface area contributed by atoms with Crippen molar-refractivity contribution in [1.29, 1.82) is 0 Å².